The zero-order valence-corrected chi connectivity index (χ0v) is 11.5. The lowest BCUT2D eigenvalue weighted by atomic mass is 10.1. The molecule has 0 amide bonds. The largest absolute Gasteiger partial charge is 0.350 e. The highest BCUT2D eigenvalue weighted by molar-refractivity contribution is 7.92. The molecule has 0 aliphatic heterocycles. The third-order valence-electron chi connectivity index (χ3n) is 2.99. The van der Waals surface area contributed by atoms with E-state index in [1.165, 1.54) is 24.3 Å². The average Bonchev–Trinajstić information content (AvgIpc) is 2.47. The molecule has 0 bridgehead atoms. The molecule has 0 heterocycles. The maximum Gasteiger partial charge on any atom is 0.350 e. The molecule has 5 heteroatoms. The first-order valence-electron chi connectivity index (χ1n) is 6.15. The van der Waals surface area contributed by atoms with Gasteiger partial charge in [-0.25, -0.2) is 8.42 Å². The van der Waals surface area contributed by atoms with E-state index in [1.807, 2.05) is 0 Å². The smallest absolute Gasteiger partial charge is 0.217 e. The van der Waals surface area contributed by atoms with Crippen molar-refractivity contribution >= 4 is 9.84 Å². The van der Waals surface area contributed by atoms with Crippen LogP contribution in [0.5, 0.6) is 0 Å². The van der Waals surface area contributed by atoms with E-state index in [0.29, 0.717) is 5.56 Å². The van der Waals surface area contributed by atoms with Gasteiger partial charge in [0.25, 0.3) is 0 Å². The molecule has 0 N–H and O–H groups in total. The standard InChI is InChI=1S/C15H14F2O2S/c16-15(17,12-11-13-7-3-1-4-8-13)20(18,19)14-9-5-2-6-10-14/h1-10H,11-12H2. The van der Waals surface area contributed by atoms with E-state index in [9.17, 15) is 17.2 Å². The lowest BCUT2D eigenvalue weighted by Gasteiger charge is -2.17. The van der Waals surface area contributed by atoms with Crippen molar-refractivity contribution in [3.05, 3.63) is 66.2 Å². The van der Waals surface area contributed by atoms with Gasteiger partial charge in [-0.2, -0.15) is 8.78 Å². The van der Waals surface area contributed by atoms with E-state index in [0.717, 1.165) is 0 Å². The zero-order valence-electron chi connectivity index (χ0n) is 10.7. The number of hydrogen-bond donors (Lipinski definition) is 0. The molecule has 2 aromatic rings. The number of hydrogen-bond acceptors (Lipinski definition) is 2. The second-order valence-electron chi connectivity index (χ2n) is 4.44. The lowest BCUT2D eigenvalue weighted by molar-refractivity contribution is 0.0824. The summed E-state index contributed by atoms with van der Waals surface area (Å²) in [6.45, 7) is 0. The van der Waals surface area contributed by atoms with Crippen LogP contribution in [-0.4, -0.2) is 13.7 Å². The Hall–Kier alpha value is -1.75. The summed E-state index contributed by atoms with van der Waals surface area (Å²) in [5.74, 6) is 0. The molecule has 0 spiro atoms. The minimum Gasteiger partial charge on any atom is -0.217 e. The molecule has 0 fully saturated rings. The summed E-state index contributed by atoms with van der Waals surface area (Å²) in [4.78, 5) is -0.349. The van der Waals surface area contributed by atoms with Crippen LogP contribution in [0.25, 0.3) is 0 Å². The lowest BCUT2D eigenvalue weighted by Crippen LogP contribution is -2.29. The van der Waals surface area contributed by atoms with Gasteiger partial charge >= 0.3 is 5.25 Å². The molecule has 0 aliphatic carbocycles. The molecule has 20 heavy (non-hydrogen) atoms. The quantitative estimate of drug-likeness (QED) is 0.843. The van der Waals surface area contributed by atoms with Gasteiger partial charge in [-0.15, -0.1) is 0 Å². The number of aryl methyl sites for hydroxylation is 1. The van der Waals surface area contributed by atoms with Crippen molar-refractivity contribution < 1.29 is 17.2 Å². The summed E-state index contributed by atoms with van der Waals surface area (Å²) in [5, 5.41) is -3.77. The summed E-state index contributed by atoms with van der Waals surface area (Å²) in [6.07, 6.45) is -0.714. The van der Waals surface area contributed by atoms with Crippen LogP contribution < -0.4 is 0 Å². The van der Waals surface area contributed by atoms with E-state index in [2.05, 4.69) is 0 Å². The monoisotopic (exact) mass is 296 g/mol. The molecule has 0 atom stereocenters. The SMILES string of the molecule is O=S(=O)(c1ccccc1)C(F)(F)CCc1ccccc1. The minimum atomic E-state index is -4.64. The molecular weight excluding hydrogens is 282 g/mol. The van der Waals surface area contributed by atoms with E-state index in [1.54, 1.807) is 36.4 Å². The van der Waals surface area contributed by atoms with Crippen LogP contribution in [0, 0.1) is 0 Å². The average molecular weight is 296 g/mol. The number of alkyl halides is 2. The predicted molar refractivity (Wildman–Crippen MR) is 73.3 cm³/mol. The van der Waals surface area contributed by atoms with Crippen LogP contribution in [0.15, 0.2) is 65.6 Å². The molecular formula is C15H14F2O2S. The predicted octanol–water partition coefficient (Wildman–Crippen LogP) is 3.69. The zero-order chi connectivity index (χ0) is 14.6. The van der Waals surface area contributed by atoms with Crippen molar-refractivity contribution in [3.63, 3.8) is 0 Å². The molecule has 2 rings (SSSR count). The third-order valence-corrected chi connectivity index (χ3v) is 4.88. The first kappa shape index (κ1) is 14.7. The van der Waals surface area contributed by atoms with Gasteiger partial charge in [-0.3, -0.25) is 0 Å². The Morgan fingerprint density at radius 2 is 1.35 bits per heavy atom. The maximum absolute atomic E-state index is 14.0. The molecule has 0 unspecified atom stereocenters. The fourth-order valence-corrected chi connectivity index (χ4v) is 3.07. The molecule has 0 aromatic heterocycles. The van der Waals surface area contributed by atoms with Gasteiger partial charge < -0.3 is 0 Å². The fraction of sp³-hybridized carbons (Fsp3) is 0.200. The van der Waals surface area contributed by atoms with Gasteiger partial charge in [0.15, 0.2) is 0 Å². The summed E-state index contributed by atoms with van der Waals surface area (Å²) < 4.78 is 51.8. The Kier molecular flexibility index (Phi) is 4.18. The van der Waals surface area contributed by atoms with Gasteiger partial charge in [-0.1, -0.05) is 48.5 Å². The highest BCUT2D eigenvalue weighted by Gasteiger charge is 2.45. The first-order valence-corrected chi connectivity index (χ1v) is 7.63. The van der Waals surface area contributed by atoms with E-state index >= 15 is 0 Å². The van der Waals surface area contributed by atoms with Crippen LogP contribution >= 0.6 is 0 Å². The Morgan fingerprint density at radius 1 is 0.850 bits per heavy atom. The molecule has 0 aliphatic rings. The van der Waals surface area contributed by atoms with Crippen molar-refractivity contribution in [1.82, 2.24) is 0 Å². The first-order chi connectivity index (χ1) is 9.43. The molecule has 0 saturated heterocycles. The Labute approximate surface area is 117 Å². The summed E-state index contributed by atoms with van der Waals surface area (Å²) in [5.41, 5.74) is 0.690. The molecule has 0 saturated carbocycles. The number of halogens is 2. The van der Waals surface area contributed by atoms with Crippen LogP contribution in [0.4, 0.5) is 8.78 Å². The van der Waals surface area contributed by atoms with Crippen LogP contribution in [0.1, 0.15) is 12.0 Å². The molecule has 0 radical (unpaired) electrons. The summed E-state index contributed by atoms with van der Waals surface area (Å²) in [7, 11) is -4.64. The minimum absolute atomic E-state index is 0.0138. The van der Waals surface area contributed by atoms with E-state index in [4.69, 9.17) is 0 Å². The Morgan fingerprint density at radius 3 is 1.90 bits per heavy atom. The van der Waals surface area contributed by atoms with Crippen LogP contribution in [0.3, 0.4) is 0 Å². The van der Waals surface area contributed by atoms with Gasteiger partial charge in [0, 0.05) is 6.42 Å². The highest BCUT2D eigenvalue weighted by atomic mass is 32.2. The molecule has 2 aromatic carbocycles. The van der Waals surface area contributed by atoms with Gasteiger partial charge in [0.1, 0.15) is 0 Å². The maximum atomic E-state index is 14.0. The summed E-state index contributed by atoms with van der Waals surface area (Å²) >= 11 is 0. The van der Waals surface area contributed by atoms with Crippen LogP contribution in [-0.2, 0) is 16.3 Å². The molecule has 2 nitrogen and oxygen atoms in total. The van der Waals surface area contributed by atoms with Crippen molar-refractivity contribution in [2.45, 2.75) is 23.0 Å². The van der Waals surface area contributed by atoms with E-state index < -0.39 is 21.5 Å². The molecule has 106 valence electrons. The second-order valence-corrected chi connectivity index (χ2v) is 6.51. The van der Waals surface area contributed by atoms with Crippen molar-refractivity contribution in [2.24, 2.45) is 0 Å². The van der Waals surface area contributed by atoms with E-state index in [-0.39, 0.29) is 11.3 Å². The van der Waals surface area contributed by atoms with Crippen molar-refractivity contribution in [1.29, 1.82) is 0 Å². The Bertz CT molecular complexity index is 653. The van der Waals surface area contributed by atoms with Gasteiger partial charge in [-0.05, 0) is 24.1 Å². The van der Waals surface area contributed by atoms with Crippen LogP contribution in [0.2, 0.25) is 0 Å². The summed E-state index contributed by atoms with van der Waals surface area (Å²) in [6, 6.07) is 15.5. The number of sulfone groups is 1. The normalized spacial score (nSPS) is 12.3. The number of rotatable bonds is 5. The third kappa shape index (κ3) is 3.04. The van der Waals surface area contributed by atoms with Crippen molar-refractivity contribution in [2.75, 3.05) is 0 Å². The second kappa shape index (κ2) is 5.71. The van der Waals surface area contributed by atoms with Gasteiger partial charge in [0.2, 0.25) is 9.84 Å². The Balaban J connectivity index is 2.18. The van der Waals surface area contributed by atoms with Crippen molar-refractivity contribution in [3.8, 4) is 0 Å². The highest BCUT2D eigenvalue weighted by Crippen LogP contribution is 2.33. The fourth-order valence-electron chi connectivity index (χ4n) is 1.84. The topological polar surface area (TPSA) is 34.1 Å². The van der Waals surface area contributed by atoms with Gasteiger partial charge in [0.05, 0.1) is 4.90 Å². The number of benzene rings is 2.